The molecule has 0 fully saturated rings. The second-order valence-corrected chi connectivity index (χ2v) is 8.26. The van der Waals surface area contributed by atoms with Crippen molar-refractivity contribution in [1.29, 1.82) is 0 Å². The van der Waals surface area contributed by atoms with Crippen LogP contribution in [0.4, 0.5) is 5.95 Å². The van der Waals surface area contributed by atoms with E-state index in [0.717, 1.165) is 5.70 Å². The highest BCUT2D eigenvalue weighted by Gasteiger charge is 2.19. The van der Waals surface area contributed by atoms with Gasteiger partial charge in [0.1, 0.15) is 5.76 Å². The van der Waals surface area contributed by atoms with Gasteiger partial charge in [0, 0.05) is 16.4 Å². The van der Waals surface area contributed by atoms with Crippen LogP contribution in [0.5, 0.6) is 6.01 Å². The van der Waals surface area contributed by atoms with E-state index in [1.165, 1.54) is 7.11 Å². The van der Waals surface area contributed by atoms with Crippen LogP contribution in [-0.2, 0) is 9.53 Å². The quantitative estimate of drug-likeness (QED) is 0.544. The number of rotatable bonds is 6. The van der Waals surface area contributed by atoms with Crippen molar-refractivity contribution < 1.29 is 14.3 Å². The smallest absolute Gasteiger partial charge is 0.322 e. The van der Waals surface area contributed by atoms with Crippen molar-refractivity contribution >= 4 is 39.4 Å². The van der Waals surface area contributed by atoms with Crippen molar-refractivity contribution in [3.63, 3.8) is 0 Å². The highest BCUT2D eigenvalue weighted by atomic mass is 79.9. The zero-order chi connectivity index (χ0) is 18.4. The Kier molecular flexibility index (Phi) is 6.55. The van der Waals surface area contributed by atoms with E-state index >= 15 is 0 Å². The largest absolute Gasteiger partial charge is 0.467 e. The third-order valence-corrected chi connectivity index (χ3v) is 3.36. The third-order valence-electron chi connectivity index (χ3n) is 2.91. The molecule has 0 saturated carbocycles. The first-order valence-electron chi connectivity index (χ1n) is 7.45. The first kappa shape index (κ1) is 19.4. The lowest BCUT2D eigenvalue weighted by Gasteiger charge is -2.14. The predicted octanol–water partition coefficient (Wildman–Crippen LogP) is 3.78. The summed E-state index contributed by atoms with van der Waals surface area (Å²) in [6.45, 7) is 3.81. The number of hydrogen-bond donors (Lipinski definition) is 1. The lowest BCUT2D eigenvalue weighted by Crippen LogP contribution is -2.17. The summed E-state index contributed by atoms with van der Waals surface area (Å²) in [6.07, 6.45) is 7.93. The molecule has 7 nitrogen and oxygen atoms in total. The van der Waals surface area contributed by atoms with E-state index in [0.29, 0.717) is 12.2 Å². The molecule has 0 spiro atoms. The van der Waals surface area contributed by atoms with Gasteiger partial charge in [-0.2, -0.15) is 15.0 Å². The Hall–Kier alpha value is -1.93. The number of halogens is 2. The maximum Gasteiger partial charge on any atom is 0.322 e. The third kappa shape index (κ3) is 6.83. The number of allylic oxidation sites excluding steroid dienone is 4. The maximum absolute atomic E-state index is 11.9. The number of esters is 1. The lowest BCUT2D eigenvalue weighted by atomic mass is 10.1. The summed E-state index contributed by atoms with van der Waals surface area (Å²) in [6, 6.07) is 0.120. The molecule has 2 rings (SSSR count). The lowest BCUT2D eigenvalue weighted by molar-refractivity contribution is -0.139. The van der Waals surface area contributed by atoms with Crippen LogP contribution in [0.3, 0.4) is 0 Å². The molecule has 0 aromatic carbocycles. The second kappa shape index (κ2) is 8.44. The van der Waals surface area contributed by atoms with E-state index in [9.17, 15) is 4.79 Å². The van der Waals surface area contributed by atoms with E-state index in [1.807, 2.05) is 19.9 Å². The summed E-state index contributed by atoms with van der Waals surface area (Å²) in [5.41, 5.74) is 0.799. The molecule has 25 heavy (non-hydrogen) atoms. The summed E-state index contributed by atoms with van der Waals surface area (Å²) in [5.74, 6) is 0.424. The molecule has 1 aromatic rings. The molecule has 134 valence electrons. The number of aromatic nitrogens is 3. The van der Waals surface area contributed by atoms with Gasteiger partial charge in [0.25, 0.3) is 0 Å². The molecule has 0 amide bonds. The van der Waals surface area contributed by atoms with Crippen molar-refractivity contribution in [2.24, 2.45) is 0 Å². The van der Waals surface area contributed by atoms with Gasteiger partial charge in [-0.3, -0.25) is 4.79 Å². The number of carbonyl (C=O) groups excluding carboxylic acids is 1. The predicted molar refractivity (Wildman–Crippen MR) is 98.6 cm³/mol. The molecule has 1 aromatic heterocycles. The van der Waals surface area contributed by atoms with Crippen LogP contribution in [0.25, 0.3) is 0 Å². The van der Waals surface area contributed by atoms with Crippen LogP contribution in [0, 0.1) is 0 Å². The molecule has 9 heteroatoms. The number of nitrogens with zero attached hydrogens (tertiary/aromatic N) is 3. The first-order valence-corrected chi connectivity index (χ1v) is 8.62. The van der Waals surface area contributed by atoms with E-state index < -0.39 is 0 Å². The maximum atomic E-state index is 11.9. The van der Waals surface area contributed by atoms with Crippen LogP contribution in [0.1, 0.15) is 26.7 Å². The monoisotopic (exact) mass is 428 g/mol. The molecular formula is C16H18BrClN4O3. The van der Waals surface area contributed by atoms with E-state index in [4.69, 9.17) is 21.1 Å². The van der Waals surface area contributed by atoms with Gasteiger partial charge in [0.05, 0.1) is 13.5 Å². The number of hydrogen-bond acceptors (Lipinski definition) is 7. The Morgan fingerprint density at radius 2 is 2.12 bits per heavy atom. The van der Waals surface area contributed by atoms with Gasteiger partial charge in [0.2, 0.25) is 11.2 Å². The fraction of sp³-hybridized carbons (Fsp3) is 0.375. The Bertz CT molecular complexity index is 741. The molecule has 1 N–H and O–H groups in total. The molecule has 1 heterocycles. The van der Waals surface area contributed by atoms with Gasteiger partial charge in [0.15, 0.2) is 0 Å². The number of anilines is 1. The number of carbonyl (C=O) groups is 1. The first-order chi connectivity index (χ1) is 11.7. The minimum absolute atomic E-state index is 0.0293. The van der Waals surface area contributed by atoms with Crippen molar-refractivity contribution in [2.75, 3.05) is 12.4 Å². The van der Waals surface area contributed by atoms with Gasteiger partial charge < -0.3 is 14.8 Å². The number of ether oxygens (including phenoxy) is 2. The Balaban J connectivity index is 2.06. The van der Waals surface area contributed by atoms with Crippen molar-refractivity contribution in [3.8, 4) is 6.01 Å². The molecule has 0 radical (unpaired) electrons. The van der Waals surface area contributed by atoms with Gasteiger partial charge >= 0.3 is 12.0 Å². The van der Waals surface area contributed by atoms with E-state index in [-0.39, 0.29) is 34.0 Å². The molecule has 0 atom stereocenters. The van der Waals surface area contributed by atoms with Crippen LogP contribution < -0.4 is 10.1 Å². The molecule has 0 unspecified atom stereocenters. The fourth-order valence-electron chi connectivity index (χ4n) is 1.90. The van der Waals surface area contributed by atoms with Crippen LogP contribution in [0.15, 0.2) is 35.8 Å². The van der Waals surface area contributed by atoms with Gasteiger partial charge in [-0.1, -0.05) is 22.0 Å². The topological polar surface area (TPSA) is 86.2 Å². The normalized spacial score (nSPS) is 14.3. The molecule has 1 aliphatic rings. The Morgan fingerprint density at radius 1 is 1.36 bits per heavy atom. The highest BCUT2D eigenvalue weighted by Crippen LogP contribution is 2.22. The average Bonchev–Trinajstić information content (AvgIpc) is 2.70. The molecule has 0 bridgehead atoms. The van der Waals surface area contributed by atoms with Crippen molar-refractivity contribution in [2.45, 2.75) is 31.0 Å². The molecule has 0 saturated heterocycles. The van der Waals surface area contributed by atoms with Gasteiger partial charge in [-0.15, -0.1) is 0 Å². The highest BCUT2D eigenvalue weighted by molar-refractivity contribution is 9.10. The zero-order valence-electron chi connectivity index (χ0n) is 14.0. The van der Waals surface area contributed by atoms with Gasteiger partial charge in [-0.25, -0.2) is 0 Å². The molecule has 1 aliphatic carbocycles. The SMILES string of the molecule is COc1nc(Cl)nc(NC2=CC=C(OC(=O)CC(C)(C)Br)C=CC2)n1. The van der Waals surface area contributed by atoms with Crippen LogP contribution in [0.2, 0.25) is 5.28 Å². The summed E-state index contributed by atoms with van der Waals surface area (Å²) in [5, 5.41) is 3.07. The van der Waals surface area contributed by atoms with Crippen molar-refractivity contribution in [1.82, 2.24) is 15.0 Å². The van der Waals surface area contributed by atoms with Crippen LogP contribution >= 0.6 is 27.5 Å². The standard InChI is InChI=1S/C16H18BrClN4O3/c1-16(2,17)9-12(23)25-11-6-4-5-10(7-8-11)19-14-20-13(18)21-15(22-14)24-3/h4,6-8H,5,9H2,1-3H3,(H,19,20,21,22). The minimum Gasteiger partial charge on any atom is -0.467 e. The zero-order valence-corrected chi connectivity index (χ0v) is 16.4. The van der Waals surface area contributed by atoms with E-state index in [2.05, 4.69) is 36.2 Å². The molecule has 0 aliphatic heterocycles. The fourth-order valence-corrected chi connectivity index (χ4v) is 2.28. The summed E-state index contributed by atoms with van der Waals surface area (Å²) in [4.78, 5) is 23.8. The summed E-state index contributed by atoms with van der Waals surface area (Å²) in [7, 11) is 1.45. The summed E-state index contributed by atoms with van der Waals surface area (Å²) < 4.78 is 10.0. The Morgan fingerprint density at radius 3 is 2.80 bits per heavy atom. The Labute approximate surface area is 159 Å². The minimum atomic E-state index is -0.309. The van der Waals surface area contributed by atoms with E-state index in [1.54, 1.807) is 18.2 Å². The second-order valence-electron chi connectivity index (χ2n) is 5.78. The number of alkyl halides is 1. The summed E-state index contributed by atoms with van der Waals surface area (Å²) >= 11 is 9.25. The van der Waals surface area contributed by atoms with Crippen LogP contribution in [-0.4, -0.2) is 32.4 Å². The van der Waals surface area contributed by atoms with Crippen molar-refractivity contribution in [3.05, 3.63) is 41.0 Å². The average molecular weight is 430 g/mol. The number of methoxy groups -OCH3 is 1. The number of nitrogens with one attached hydrogen (secondary N) is 1. The van der Waals surface area contributed by atoms with Gasteiger partial charge in [-0.05, 0) is 43.7 Å². The molecular weight excluding hydrogens is 412 g/mol.